The highest BCUT2D eigenvalue weighted by molar-refractivity contribution is 6.30. The molecule has 0 aliphatic carbocycles. The molecule has 1 aliphatic heterocycles. The van der Waals surface area contributed by atoms with Crippen LogP contribution in [0.1, 0.15) is 40.9 Å². The molecule has 0 spiro atoms. The lowest BCUT2D eigenvalue weighted by Gasteiger charge is -2.25. The van der Waals surface area contributed by atoms with E-state index in [0.717, 1.165) is 17.0 Å². The Labute approximate surface area is 206 Å². The molecule has 0 bridgehead atoms. The quantitative estimate of drug-likeness (QED) is 0.531. The second kappa shape index (κ2) is 11.2. The van der Waals surface area contributed by atoms with Crippen LogP contribution in [-0.2, 0) is 16.0 Å². The molecular formula is C24H25ClFN3O6. The largest absolute Gasteiger partial charge is 0.496 e. The average Bonchev–Trinajstić information content (AvgIpc) is 2.96. The maximum atomic E-state index is 13.8. The number of methoxy groups -OCH3 is 1. The van der Waals surface area contributed by atoms with Crippen molar-refractivity contribution in [2.45, 2.75) is 25.8 Å². The minimum absolute atomic E-state index is 0.0221. The number of hydrogen-bond donors (Lipinski definition) is 3. The molecule has 2 atom stereocenters. The first-order valence-electron chi connectivity index (χ1n) is 10.9. The topological polar surface area (TPSA) is 125 Å². The zero-order valence-corrected chi connectivity index (χ0v) is 19.9. The highest BCUT2D eigenvalue weighted by atomic mass is 35.5. The van der Waals surface area contributed by atoms with Crippen LogP contribution in [-0.4, -0.2) is 54.0 Å². The van der Waals surface area contributed by atoms with E-state index in [4.69, 9.17) is 16.3 Å². The number of urea groups is 1. The van der Waals surface area contributed by atoms with Crippen LogP contribution >= 0.6 is 11.6 Å². The molecule has 0 unspecified atom stereocenters. The summed E-state index contributed by atoms with van der Waals surface area (Å²) in [5, 5.41) is 14.9. The van der Waals surface area contributed by atoms with Gasteiger partial charge in [-0.15, -0.1) is 0 Å². The second-order valence-electron chi connectivity index (χ2n) is 8.04. The molecule has 1 saturated heterocycles. The molecule has 0 radical (unpaired) electrons. The Hall–Kier alpha value is -3.66. The SMILES string of the molecule is CC[C@@H](NC(=O)N1CC(=O)NC[C@@H](Cc2cc(Cl)ccc2OC)C1=O)c1ccc(F)c(C(=O)O)c1. The van der Waals surface area contributed by atoms with Gasteiger partial charge in [0.25, 0.3) is 0 Å². The van der Waals surface area contributed by atoms with Gasteiger partial charge >= 0.3 is 12.0 Å². The minimum Gasteiger partial charge on any atom is -0.496 e. The molecular weight excluding hydrogens is 481 g/mol. The first-order chi connectivity index (χ1) is 16.6. The highest BCUT2D eigenvalue weighted by Gasteiger charge is 2.35. The van der Waals surface area contributed by atoms with Crippen LogP contribution in [0.4, 0.5) is 9.18 Å². The predicted molar refractivity (Wildman–Crippen MR) is 125 cm³/mol. The standard InChI is InChI=1S/C24H25ClFN3O6/c1-3-19(13-4-6-18(26)17(10-13)23(32)33)28-24(34)29-12-21(30)27-11-15(22(29)31)8-14-9-16(25)5-7-20(14)35-2/h4-7,9-10,15,19H,3,8,11-12H2,1-2H3,(H,27,30)(H,28,34)(H,32,33)/t15-,19-/m1/s1. The Morgan fingerprint density at radius 2 is 2.03 bits per heavy atom. The minimum atomic E-state index is -1.44. The maximum absolute atomic E-state index is 13.8. The number of nitrogens with one attached hydrogen (secondary N) is 2. The number of rotatable bonds is 7. The van der Waals surface area contributed by atoms with Gasteiger partial charge in [-0.05, 0) is 54.3 Å². The molecule has 0 saturated carbocycles. The van der Waals surface area contributed by atoms with E-state index in [1.165, 1.54) is 13.2 Å². The van der Waals surface area contributed by atoms with Gasteiger partial charge < -0.3 is 20.5 Å². The van der Waals surface area contributed by atoms with Gasteiger partial charge in [0.2, 0.25) is 11.8 Å². The number of carbonyl (C=O) groups is 4. The van der Waals surface area contributed by atoms with Gasteiger partial charge in [0.05, 0.1) is 24.6 Å². The molecule has 186 valence electrons. The Balaban J connectivity index is 1.83. The lowest BCUT2D eigenvalue weighted by atomic mass is 9.97. The van der Waals surface area contributed by atoms with Gasteiger partial charge in [-0.3, -0.25) is 14.5 Å². The number of imide groups is 1. The van der Waals surface area contributed by atoms with Crippen molar-refractivity contribution in [2.75, 3.05) is 20.2 Å². The third kappa shape index (κ3) is 6.07. The third-order valence-corrected chi connectivity index (χ3v) is 5.98. The summed E-state index contributed by atoms with van der Waals surface area (Å²) >= 11 is 6.09. The number of halogens is 2. The van der Waals surface area contributed by atoms with Crippen LogP contribution < -0.4 is 15.4 Å². The molecule has 11 heteroatoms. The van der Waals surface area contributed by atoms with E-state index in [-0.39, 0.29) is 13.0 Å². The van der Waals surface area contributed by atoms with Crippen LogP contribution in [0.3, 0.4) is 0 Å². The number of aromatic carboxylic acids is 1. The van der Waals surface area contributed by atoms with E-state index in [1.807, 2.05) is 0 Å². The molecule has 1 heterocycles. The molecule has 4 amide bonds. The van der Waals surface area contributed by atoms with Crippen molar-refractivity contribution in [1.82, 2.24) is 15.5 Å². The van der Waals surface area contributed by atoms with E-state index in [2.05, 4.69) is 10.6 Å². The zero-order chi connectivity index (χ0) is 25.7. The molecule has 35 heavy (non-hydrogen) atoms. The van der Waals surface area contributed by atoms with Crippen molar-refractivity contribution in [2.24, 2.45) is 5.92 Å². The molecule has 3 N–H and O–H groups in total. The Bertz CT molecular complexity index is 1160. The molecule has 1 aliphatic rings. The van der Waals surface area contributed by atoms with Crippen molar-refractivity contribution in [3.8, 4) is 5.75 Å². The summed E-state index contributed by atoms with van der Waals surface area (Å²) in [5.41, 5.74) is 0.469. The Morgan fingerprint density at radius 3 is 2.69 bits per heavy atom. The van der Waals surface area contributed by atoms with Crippen molar-refractivity contribution >= 4 is 35.4 Å². The number of hydrogen-bond acceptors (Lipinski definition) is 5. The van der Waals surface area contributed by atoms with Crippen LogP contribution in [0.5, 0.6) is 5.75 Å². The van der Waals surface area contributed by atoms with Crippen molar-refractivity contribution < 1.29 is 33.4 Å². The normalized spacial score (nSPS) is 16.8. The number of carboxylic acids is 1. The number of ether oxygens (including phenoxy) is 1. The summed E-state index contributed by atoms with van der Waals surface area (Å²) in [6, 6.07) is 6.95. The van der Waals surface area contributed by atoms with Crippen LogP contribution in [0.15, 0.2) is 36.4 Å². The second-order valence-corrected chi connectivity index (χ2v) is 8.48. The van der Waals surface area contributed by atoms with E-state index in [9.17, 15) is 28.7 Å². The Kier molecular flexibility index (Phi) is 8.29. The van der Waals surface area contributed by atoms with Crippen molar-refractivity contribution in [3.63, 3.8) is 0 Å². The lowest BCUT2D eigenvalue weighted by molar-refractivity contribution is -0.133. The van der Waals surface area contributed by atoms with Gasteiger partial charge in [0.15, 0.2) is 0 Å². The monoisotopic (exact) mass is 505 g/mol. The third-order valence-electron chi connectivity index (χ3n) is 5.75. The highest BCUT2D eigenvalue weighted by Crippen LogP contribution is 2.27. The lowest BCUT2D eigenvalue weighted by Crippen LogP contribution is -2.48. The first-order valence-corrected chi connectivity index (χ1v) is 11.3. The van der Waals surface area contributed by atoms with Gasteiger partial charge in [-0.1, -0.05) is 24.6 Å². The maximum Gasteiger partial charge on any atom is 0.338 e. The summed E-state index contributed by atoms with van der Waals surface area (Å²) < 4.78 is 19.1. The average molecular weight is 506 g/mol. The fourth-order valence-corrected chi connectivity index (χ4v) is 4.09. The van der Waals surface area contributed by atoms with Gasteiger partial charge in [0, 0.05) is 11.6 Å². The van der Waals surface area contributed by atoms with Crippen molar-refractivity contribution in [3.05, 3.63) is 63.9 Å². The van der Waals surface area contributed by atoms with E-state index >= 15 is 0 Å². The molecule has 1 fully saturated rings. The van der Waals surface area contributed by atoms with Crippen LogP contribution in [0, 0.1) is 11.7 Å². The van der Waals surface area contributed by atoms with Crippen LogP contribution in [0.25, 0.3) is 0 Å². The predicted octanol–water partition coefficient (Wildman–Crippen LogP) is 3.16. The molecule has 0 aromatic heterocycles. The van der Waals surface area contributed by atoms with Gasteiger partial charge in [0.1, 0.15) is 18.1 Å². The summed E-state index contributed by atoms with van der Waals surface area (Å²) in [6.45, 7) is 1.28. The molecule has 9 nitrogen and oxygen atoms in total. The van der Waals surface area contributed by atoms with Gasteiger partial charge in [-0.25, -0.2) is 14.0 Å². The fourth-order valence-electron chi connectivity index (χ4n) is 3.90. The smallest absolute Gasteiger partial charge is 0.338 e. The van der Waals surface area contributed by atoms with E-state index < -0.39 is 53.7 Å². The summed E-state index contributed by atoms with van der Waals surface area (Å²) in [6.07, 6.45) is 0.498. The number of carbonyl (C=O) groups excluding carboxylic acids is 3. The summed E-state index contributed by atoms with van der Waals surface area (Å²) in [4.78, 5) is 50.7. The van der Waals surface area contributed by atoms with Gasteiger partial charge in [-0.2, -0.15) is 0 Å². The summed E-state index contributed by atoms with van der Waals surface area (Å²) in [7, 11) is 1.49. The summed E-state index contributed by atoms with van der Waals surface area (Å²) in [5.74, 6) is -3.65. The van der Waals surface area contributed by atoms with E-state index in [1.54, 1.807) is 25.1 Å². The number of nitrogens with zero attached hydrogens (tertiary/aromatic N) is 1. The molecule has 2 aromatic rings. The van der Waals surface area contributed by atoms with E-state index in [0.29, 0.717) is 28.3 Å². The zero-order valence-electron chi connectivity index (χ0n) is 19.1. The molecule has 3 rings (SSSR count). The van der Waals surface area contributed by atoms with Crippen LogP contribution in [0.2, 0.25) is 5.02 Å². The number of carboxylic acid groups (broad SMARTS) is 1. The first kappa shape index (κ1) is 26.0. The van der Waals surface area contributed by atoms with Crippen molar-refractivity contribution in [1.29, 1.82) is 0 Å². The Morgan fingerprint density at radius 1 is 1.29 bits per heavy atom. The number of benzene rings is 2. The fraction of sp³-hybridized carbons (Fsp3) is 0.333. The number of amides is 4. The molecule has 2 aromatic carbocycles.